The Hall–Kier alpha value is -1.07. The SMILES string of the molecule is CCCCCCCCCCCCCCCCCCCCCCC/C=C/C(O)C(COC1OC(CO)C(O)C(O)C1O)NC(=O)CCCCCCCCCCCCCCCCCC. The zero-order valence-electron chi connectivity index (χ0n) is 40.6. The van der Waals surface area contributed by atoms with Crippen molar-refractivity contribution in [1.82, 2.24) is 5.32 Å². The molecule has 6 N–H and O–H groups in total. The Kier molecular flexibility index (Phi) is 41.6. The van der Waals surface area contributed by atoms with Gasteiger partial charge < -0.3 is 40.3 Å². The second kappa shape index (κ2) is 43.8. The molecular formula is C53H103NO8. The van der Waals surface area contributed by atoms with Gasteiger partial charge in [0.05, 0.1) is 25.4 Å². The molecule has 0 saturated carbocycles. The molecule has 0 aromatic carbocycles. The fraction of sp³-hybridized carbons (Fsp3) is 0.943. The molecule has 0 aliphatic carbocycles. The summed E-state index contributed by atoms with van der Waals surface area (Å²) < 4.78 is 11.3. The highest BCUT2D eigenvalue weighted by molar-refractivity contribution is 5.76. The minimum absolute atomic E-state index is 0.172. The first-order valence-corrected chi connectivity index (χ1v) is 26.9. The lowest BCUT2D eigenvalue weighted by atomic mass is 9.99. The summed E-state index contributed by atoms with van der Waals surface area (Å²) in [4.78, 5) is 13.0. The number of unbranched alkanes of at least 4 members (excludes halogenated alkanes) is 36. The van der Waals surface area contributed by atoms with Crippen molar-refractivity contribution >= 4 is 5.91 Å². The molecule has 0 spiro atoms. The predicted octanol–water partition coefficient (Wildman–Crippen LogP) is 12.5. The van der Waals surface area contributed by atoms with E-state index < -0.39 is 49.5 Å². The van der Waals surface area contributed by atoms with E-state index in [2.05, 4.69) is 19.2 Å². The van der Waals surface area contributed by atoms with Gasteiger partial charge in [0.1, 0.15) is 24.4 Å². The van der Waals surface area contributed by atoms with E-state index in [1.54, 1.807) is 6.08 Å². The average Bonchev–Trinajstić information content (AvgIpc) is 3.27. The molecule has 7 unspecified atom stereocenters. The van der Waals surface area contributed by atoms with E-state index in [0.29, 0.717) is 6.42 Å². The van der Waals surface area contributed by atoms with Crippen LogP contribution in [0.5, 0.6) is 0 Å². The summed E-state index contributed by atoms with van der Waals surface area (Å²) in [6, 6.07) is -0.799. The van der Waals surface area contributed by atoms with Crippen molar-refractivity contribution in [3.63, 3.8) is 0 Å². The average molecular weight is 882 g/mol. The Morgan fingerprint density at radius 2 is 0.887 bits per heavy atom. The van der Waals surface area contributed by atoms with Gasteiger partial charge in [0.2, 0.25) is 5.91 Å². The molecule has 0 aromatic heterocycles. The highest BCUT2D eigenvalue weighted by Crippen LogP contribution is 2.23. The van der Waals surface area contributed by atoms with Crippen molar-refractivity contribution in [1.29, 1.82) is 0 Å². The van der Waals surface area contributed by atoms with Gasteiger partial charge in [-0.25, -0.2) is 0 Å². The Bertz CT molecular complexity index is 981. The van der Waals surface area contributed by atoms with Crippen molar-refractivity contribution in [2.24, 2.45) is 0 Å². The Labute approximate surface area is 382 Å². The first kappa shape index (κ1) is 58.9. The maximum Gasteiger partial charge on any atom is 0.220 e. The molecule has 1 rings (SSSR count). The summed E-state index contributed by atoms with van der Waals surface area (Å²) in [6.07, 6.45) is 45.5. The Balaban J connectivity index is 2.25. The normalized spacial score (nSPS) is 20.3. The number of hydrogen-bond acceptors (Lipinski definition) is 8. The van der Waals surface area contributed by atoms with Gasteiger partial charge in [0.25, 0.3) is 0 Å². The van der Waals surface area contributed by atoms with Gasteiger partial charge in [-0.3, -0.25) is 4.79 Å². The number of nitrogens with one attached hydrogen (secondary N) is 1. The van der Waals surface area contributed by atoms with Crippen molar-refractivity contribution < 1.29 is 39.8 Å². The van der Waals surface area contributed by atoms with Crippen LogP contribution in [0.2, 0.25) is 0 Å². The molecule has 9 heteroatoms. The molecule has 62 heavy (non-hydrogen) atoms. The molecule has 9 nitrogen and oxygen atoms in total. The highest BCUT2D eigenvalue weighted by atomic mass is 16.7. The van der Waals surface area contributed by atoms with Gasteiger partial charge in [-0.05, 0) is 19.3 Å². The number of rotatable bonds is 46. The molecule has 1 fully saturated rings. The number of aliphatic hydroxyl groups is 5. The van der Waals surface area contributed by atoms with Crippen molar-refractivity contribution in [2.45, 2.75) is 307 Å². The van der Waals surface area contributed by atoms with E-state index in [9.17, 15) is 30.3 Å². The predicted molar refractivity (Wildman–Crippen MR) is 258 cm³/mol. The van der Waals surface area contributed by atoms with E-state index in [4.69, 9.17) is 9.47 Å². The lowest BCUT2D eigenvalue weighted by Crippen LogP contribution is -2.60. The molecule has 1 heterocycles. The maximum absolute atomic E-state index is 13.0. The van der Waals surface area contributed by atoms with Crippen LogP contribution in [0.1, 0.15) is 264 Å². The number of ether oxygens (including phenoxy) is 2. The van der Waals surface area contributed by atoms with Crippen LogP contribution in [0, 0.1) is 0 Å². The van der Waals surface area contributed by atoms with Crippen LogP contribution in [0.15, 0.2) is 12.2 Å². The zero-order chi connectivity index (χ0) is 45.1. The molecule has 0 radical (unpaired) electrons. The van der Waals surface area contributed by atoms with Crippen molar-refractivity contribution in [3.8, 4) is 0 Å². The van der Waals surface area contributed by atoms with Crippen molar-refractivity contribution in [3.05, 3.63) is 12.2 Å². The number of amides is 1. The standard InChI is InChI=1S/C53H103NO8/c1-3-5-7-9-11-13-15-17-19-21-22-23-24-25-26-27-28-30-32-34-36-38-40-42-47(56)46(45-61-53-52(60)51(59)50(58)48(44-55)62-53)54-49(57)43-41-39-37-35-33-31-29-20-18-16-14-12-10-8-6-4-2/h40,42,46-48,50-53,55-56,58-60H,3-39,41,43-45H2,1-2H3,(H,54,57)/b42-40+. The quantitative estimate of drug-likeness (QED) is 0.0261. The van der Waals surface area contributed by atoms with Crippen LogP contribution in [0.25, 0.3) is 0 Å². The fourth-order valence-electron chi connectivity index (χ4n) is 8.81. The molecular weight excluding hydrogens is 779 g/mol. The van der Waals surface area contributed by atoms with E-state index >= 15 is 0 Å². The largest absolute Gasteiger partial charge is 0.394 e. The fourth-order valence-corrected chi connectivity index (χ4v) is 8.81. The van der Waals surface area contributed by atoms with Gasteiger partial charge in [-0.15, -0.1) is 0 Å². The number of carbonyl (C=O) groups is 1. The second-order valence-electron chi connectivity index (χ2n) is 19.0. The van der Waals surface area contributed by atoms with Crippen LogP contribution < -0.4 is 5.32 Å². The number of hydrogen-bond donors (Lipinski definition) is 6. The van der Waals surface area contributed by atoms with Gasteiger partial charge >= 0.3 is 0 Å². The van der Waals surface area contributed by atoms with Crippen molar-refractivity contribution in [2.75, 3.05) is 13.2 Å². The monoisotopic (exact) mass is 882 g/mol. The van der Waals surface area contributed by atoms with E-state index in [0.717, 1.165) is 38.5 Å². The minimum atomic E-state index is -1.56. The molecule has 7 atom stereocenters. The molecule has 0 bridgehead atoms. The van der Waals surface area contributed by atoms with Crippen LogP contribution >= 0.6 is 0 Å². The maximum atomic E-state index is 13.0. The third-order valence-electron chi connectivity index (χ3n) is 13.1. The molecule has 1 saturated heterocycles. The lowest BCUT2D eigenvalue weighted by Gasteiger charge is -2.40. The topological polar surface area (TPSA) is 149 Å². The van der Waals surface area contributed by atoms with E-state index in [-0.39, 0.29) is 12.5 Å². The first-order valence-electron chi connectivity index (χ1n) is 26.9. The zero-order valence-corrected chi connectivity index (χ0v) is 40.6. The second-order valence-corrected chi connectivity index (χ2v) is 19.0. The lowest BCUT2D eigenvalue weighted by molar-refractivity contribution is -0.302. The van der Waals surface area contributed by atoms with Gasteiger partial charge in [0, 0.05) is 6.42 Å². The Morgan fingerprint density at radius 1 is 0.532 bits per heavy atom. The Morgan fingerprint density at radius 3 is 1.26 bits per heavy atom. The molecule has 0 aromatic rings. The minimum Gasteiger partial charge on any atom is -0.394 e. The van der Waals surface area contributed by atoms with Crippen LogP contribution in [-0.4, -0.2) is 87.5 Å². The number of aliphatic hydroxyl groups excluding tert-OH is 5. The summed E-state index contributed by atoms with van der Waals surface area (Å²) >= 11 is 0. The summed E-state index contributed by atoms with van der Waals surface area (Å²) in [7, 11) is 0. The van der Waals surface area contributed by atoms with Crippen LogP contribution in [0.4, 0.5) is 0 Å². The van der Waals surface area contributed by atoms with Gasteiger partial charge in [-0.1, -0.05) is 251 Å². The third-order valence-corrected chi connectivity index (χ3v) is 13.1. The van der Waals surface area contributed by atoms with Crippen LogP contribution in [0.3, 0.4) is 0 Å². The van der Waals surface area contributed by atoms with E-state index in [1.807, 2.05) is 6.08 Å². The summed E-state index contributed by atoms with van der Waals surface area (Å²) in [5.74, 6) is -0.172. The number of carbonyl (C=O) groups excluding carboxylic acids is 1. The number of allylic oxidation sites excluding steroid dienone is 1. The van der Waals surface area contributed by atoms with E-state index in [1.165, 1.54) is 205 Å². The van der Waals surface area contributed by atoms with Gasteiger partial charge in [-0.2, -0.15) is 0 Å². The summed E-state index contributed by atoms with van der Waals surface area (Å²) in [5, 5.41) is 54.4. The summed E-state index contributed by atoms with van der Waals surface area (Å²) in [5.41, 5.74) is 0. The molecule has 368 valence electrons. The smallest absolute Gasteiger partial charge is 0.220 e. The molecule has 1 aliphatic rings. The first-order chi connectivity index (χ1) is 30.3. The third kappa shape index (κ3) is 33.4. The molecule has 1 amide bonds. The highest BCUT2D eigenvalue weighted by Gasteiger charge is 2.44. The molecule has 1 aliphatic heterocycles. The van der Waals surface area contributed by atoms with Crippen LogP contribution in [-0.2, 0) is 14.3 Å². The summed E-state index contributed by atoms with van der Waals surface area (Å²) in [6.45, 7) is 3.81. The van der Waals surface area contributed by atoms with Gasteiger partial charge in [0.15, 0.2) is 6.29 Å².